The van der Waals surface area contributed by atoms with Crippen molar-refractivity contribution in [2.45, 2.75) is 0 Å². The Kier molecular flexibility index (Phi) is 1.01. The van der Waals surface area contributed by atoms with Crippen molar-refractivity contribution in [2.24, 2.45) is 0 Å². The standard InChI is InChI=1S/C6H7N/c1-7-5-3-2-4-6-7/h2-3,5-6H,1H3. The van der Waals surface area contributed by atoms with Crippen LogP contribution in [-0.2, 0) is 0 Å². The van der Waals surface area contributed by atoms with Crippen LogP contribution in [0.1, 0.15) is 0 Å². The zero-order valence-electron chi connectivity index (χ0n) is 4.26. The van der Waals surface area contributed by atoms with E-state index in [0.29, 0.717) is 0 Å². The highest BCUT2D eigenvalue weighted by Gasteiger charge is 1.79. The molecule has 0 aromatic heterocycles. The molecular formula is C6H7N. The van der Waals surface area contributed by atoms with Crippen molar-refractivity contribution in [2.75, 3.05) is 7.05 Å². The van der Waals surface area contributed by atoms with E-state index in [9.17, 15) is 0 Å². The van der Waals surface area contributed by atoms with Crippen molar-refractivity contribution in [3.63, 3.8) is 0 Å². The molecule has 0 amide bonds. The third-order valence-corrected chi connectivity index (χ3v) is 0.792. The fraction of sp³-hybridized carbons (Fsp3) is 0.167. The molecular weight excluding hydrogens is 86.1 g/mol. The van der Waals surface area contributed by atoms with Gasteiger partial charge in [-0.05, 0) is 12.2 Å². The lowest BCUT2D eigenvalue weighted by Crippen LogP contribution is -1.99. The van der Waals surface area contributed by atoms with Gasteiger partial charge in [0.2, 0.25) is 0 Å². The maximum atomic E-state index is 2.92. The zero-order chi connectivity index (χ0) is 5.11. The summed E-state index contributed by atoms with van der Waals surface area (Å²) in [4.78, 5) is 1.94. The Morgan fingerprint density at radius 2 is 2.43 bits per heavy atom. The van der Waals surface area contributed by atoms with Crippen LogP contribution in [0.5, 0.6) is 0 Å². The van der Waals surface area contributed by atoms with Crippen molar-refractivity contribution in [3.05, 3.63) is 30.3 Å². The first kappa shape index (κ1) is 4.23. The van der Waals surface area contributed by atoms with E-state index in [4.69, 9.17) is 0 Å². The monoisotopic (exact) mass is 93.1 g/mol. The van der Waals surface area contributed by atoms with Gasteiger partial charge in [-0.25, -0.2) is 0 Å². The minimum absolute atomic E-state index is 1.88. The van der Waals surface area contributed by atoms with E-state index in [0.717, 1.165) is 0 Å². The summed E-state index contributed by atoms with van der Waals surface area (Å²) in [6.07, 6.45) is 7.66. The van der Waals surface area contributed by atoms with Gasteiger partial charge in [0.25, 0.3) is 0 Å². The van der Waals surface area contributed by atoms with Gasteiger partial charge in [-0.1, -0.05) is 0 Å². The van der Waals surface area contributed by atoms with Crippen molar-refractivity contribution >= 4 is 0 Å². The molecule has 1 nitrogen and oxygen atoms in total. The Balaban J connectivity index is 2.77. The number of rotatable bonds is 0. The van der Waals surface area contributed by atoms with Crippen LogP contribution in [0.2, 0.25) is 0 Å². The first-order valence-electron chi connectivity index (χ1n) is 2.21. The highest BCUT2D eigenvalue weighted by Crippen LogP contribution is 1.89. The molecule has 0 aliphatic carbocycles. The summed E-state index contributed by atoms with van der Waals surface area (Å²) < 4.78 is 0. The topological polar surface area (TPSA) is 3.24 Å². The van der Waals surface area contributed by atoms with Gasteiger partial charge < -0.3 is 4.90 Å². The minimum atomic E-state index is 1.88. The Bertz CT molecular complexity index is 138. The number of hydrogen-bond donors (Lipinski definition) is 0. The van der Waals surface area contributed by atoms with Gasteiger partial charge in [0, 0.05) is 19.4 Å². The Hall–Kier alpha value is -0.940. The molecule has 0 radical (unpaired) electrons. The molecule has 0 fully saturated rings. The van der Waals surface area contributed by atoms with Gasteiger partial charge in [-0.15, -0.1) is 5.73 Å². The third kappa shape index (κ3) is 0.951. The van der Waals surface area contributed by atoms with E-state index in [1.54, 1.807) is 0 Å². The molecule has 0 saturated heterocycles. The average Bonchev–Trinajstić information content (AvgIpc) is 1.69. The smallest absolute Gasteiger partial charge is 0.0461 e. The summed E-state index contributed by atoms with van der Waals surface area (Å²) in [5.41, 5.74) is 2.92. The summed E-state index contributed by atoms with van der Waals surface area (Å²) in [5.74, 6) is 0. The predicted molar refractivity (Wildman–Crippen MR) is 29.6 cm³/mol. The highest BCUT2D eigenvalue weighted by molar-refractivity contribution is 5.07. The second-order valence-corrected chi connectivity index (χ2v) is 1.47. The summed E-state index contributed by atoms with van der Waals surface area (Å²) in [6.45, 7) is 0. The number of nitrogens with zero attached hydrogens (tertiary/aromatic N) is 1. The van der Waals surface area contributed by atoms with Gasteiger partial charge in [-0.2, -0.15) is 0 Å². The predicted octanol–water partition coefficient (Wildman–Crippen LogP) is 1.11. The first-order chi connectivity index (χ1) is 3.39. The Morgan fingerprint density at radius 1 is 1.57 bits per heavy atom. The summed E-state index contributed by atoms with van der Waals surface area (Å²) in [7, 11) is 1.97. The van der Waals surface area contributed by atoms with Crippen molar-refractivity contribution in [1.29, 1.82) is 0 Å². The maximum absolute atomic E-state index is 2.92. The maximum Gasteiger partial charge on any atom is 0.0461 e. The molecule has 1 aliphatic heterocycles. The fourth-order valence-corrected chi connectivity index (χ4v) is 0.438. The van der Waals surface area contributed by atoms with Gasteiger partial charge >= 0.3 is 0 Å². The quantitative estimate of drug-likeness (QED) is 0.405. The highest BCUT2D eigenvalue weighted by atomic mass is 15.0. The number of hydrogen-bond acceptors (Lipinski definition) is 1. The zero-order valence-corrected chi connectivity index (χ0v) is 4.26. The molecule has 1 rings (SSSR count). The van der Waals surface area contributed by atoms with Crippen LogP contribution < -0.4 is 0 Å². The second-order valence-electron chi connectivity index (χ2n) is 1.47. The van der Waals surface area contributed by atoms with Gasteiger partial charge in [0.1, 0.15) is 0 Å². The molecule has 0 N–H and O–H groups in total. The van der Waals surface area contributed by atoms with E-state index >= 15 is 0 Å². The molecule has 0 aromatic carbocycles. The van der Waals surface area contributed by atoms with Crippen molar-refractivity contribution < 1.29 is 0 Å². The number of allylic oxidation sites excluding steroid dienone is 2. The molecule has 0 aromatic rings. The fourth-order valence-electron chi connectivity index (χ4n) is 0.438. The van der Waals surface area contributed by atoms with Crippen LogP contribution >= 0.6 is 0 Å². The molecule has 0 spiro atoms. The molecule has 0 bridgehead atoms. The lowest BCUT2D eigenvalue weighted by atomic mass is 10.5. The van der Waals surface area contributed by atoms with Gasteiger partial charge in [-0.3, -0.25) is 0 Å². The van der Waals surface area contributed by atoms with Crippen LogP contribution in [0.3, 0.4) is 0 Å². The van der Waals surface area contributed by atoms with E-state index in [1.807, 2.05) is 36.5 Å². The molecule has 0 atom stereocenters. The van der Waals surface area contributed by atoms with Crippen LogP contribution in [0, 0.1) is 0 Å². The third-order valence-electron chi connectivity index (χ3n) is 0.792. The van der Waals surface area contributed by atoms with E-state index in [1.165, 1.54) is 0 Å². The molecule has 0 unspecified atom stereocenters. The molecule has 1 heteroatoms. The Morgan fingerprint density at radius 3 is 2.71 bits per heavy atom. The molecule has 1 heterocycles. The Labute approximate surface area is 43.2 Å². The molecule has 1 aliphatic rings. The second kappa shape index (κ2) is 1.67. The van der Waals surface area contributed by atoms with Crippen molar-refractivity contribution in [3.8, 4) is 0 Å². The minimum Gasteiger partial charge on any atom is -0.351 e. The van der Waals surface area contributed by atoms with Crippen LogP contribution in [0.15, 0.2) is 30.3 Å². The summed E-state index contributed by atoms with van der Waals surface area (Å²) in [6, 6.07) is 0. The molecule has 7 heavy (non-hydrogen) atoms. The van der Waals surface area contributed by atoms with E-state index in [-0.39, 0.29) is 0 Å². The van der Waals surface area contributed by atoms with E-state index < -0.39 is 0 Å². The average molecular weight is 93.1 g/mol. The lowest BCUT2D eigenvalue weighted by Gasteiger charge is -2.04. The summed E-state index contributed by atoms with van der Waals surface area (Å²) >= 11 is 0. The SMILES string of the molecule is CN1C=C=CC=C1. The molecule has 36 valence electrons. The van der Waals surface area contributed by atoms with E-state index in [2.05, 4.69) is 5.73 Å². The lowest BCUT2D eigenvalue weighted by molar-refractivity contribution is 0.624. The largest absolute Gasteiger partial charge is 0.351 e. The molecule has 0 saturated carbocycles. The van der Waals surface area contributed by atoms with Gasteiger partial charge in [0.05, 0.1) is 0 Å². The van der Waals surface area contributed by atoms with Crippen LogP contribution in [0.4, 0.5) is 0 Å². The summed E-state index contributed by atoms with van der Waals surface area (Å²) in [5, 5.41) is 0. The first-order valence-corrected chi connectivity index (χ1v) is 2.21. The van der Waals surface area contributed by atoms with Crippen molar-refractivity contribution in [1.82, 2.24) is 4.90 Å². The normalized spacial score (nSPS) is 15.9. The van der Waals surface area contributed by atoms with Gasteiger partial charge in [0.15, 0.2) is 0 Å². The van der Waals surface area contributed by atoms with Crippen LogP contribution in [0.25, 0.3) is 0 Å². The van der Waals surface area contributed by atoms with Crippen LogP contribution in [-0.4, -0.2) is 11.9 Å².